The molecule has 1 rings (SSSR count). The van der Waals surface area contributed by atoms with Crippen LogP contribution in [0.5, 0.6) is 0 Å². The van der Waals surface area contributed by atoms with Crippen molar-refractivity contribution in [1.82, 2.24) is 5.32 Å². The highest BCUT2D eigenvalue weighted by Gasteiger charge is 2.03. The highest BCUT2D eigenvalue weighted by atomic mass is 35.5. The third-order valence-corrected chi connectivity index (χ3v) is 2.96. The van der Waals surface area contributed by atoms with E-state index >= 15 is 0 Å². The van der Waals surface area contributed by atoms with Gasteiger partial charge >= 0.3 is 0 Å². The minimum absolute atomic E-state index is 0.161. The molecule has 0 aliphatic carbocycles. The standard InChI is InChI=1S/C13H16Cl2N2O3/c1-19-7-3-6-16-13(18)9-20-17-8-10-11(14)4-2-5-12(10)15/h2,4-5,8H,3,6-7,9H2,1H3,(H,16,18)/b17-8+. The molecule has 0 heterocycles. The van der Waals surface area contributed by atoms with Gasteiger partial charge in [-0.2, -0.15) is 0 Å². The summed E-state index contributed by atoms with van der Waals surface area (Å²) in [6.07, 6.45) is 2.13. The Hall–Kier alpha value is -1.30. The molecule has 7 heteroatoms. The molecule has 0 aromatic heterocycles. The lowest BCUT2D eigenvalue weighted by molar-refractivity contribution is -0.125. The van der Waals surface area contributed by atoms with Crippen LogP contribution in [-0.4, -0.2) is 39.0 Å². The predicted molar refractivity (Wildman–Crippen MR) is 79.5 cm³/mol. The third kappa shape index (κ3) is 6.23. The van der Waals surface area contributed by atoms with Crippen LogP contribution in [0.25, 0.3) is 0 Å². The van der Waals surface area contributed by atoms with Crippen LogP contribution >= 0.6 is 23.2 Å². The van der Waals surface area contributed by atoms with Crippen molar-refractivity contribution in [2.24, 2.45) is 5.16 Å². The van der Waals surface area contributed by atoms with Crippen LogP contribution in [0.1, 0.15) is 12.0 Å². The lowest BCUT2D eigenvalue weighted by Crippen LogP contribution is -2.28. The smallest absolute Gasteiger partial charge is 0.260 e. The van der Waals surface area contributed by atoms with Crippen molar-refractivity contribution < 1.29 is 14.4 Å². The molecule has 0 saturated heterocycles. The van der Waals surface area contributed by atoms with Gasteiger partial charge in [-0.25, -0.2) is 0 Å². The van der Waals surface area contributed by atoms with E-state index < -0.39 is 0 Å². The van der Waals surface area contributed by atoms with Crippen molar-refractivity contribution in [1.29, 1.82) is 0 Å². The molecule has 1 aromatic carbocycles. The number of carbonyl (C=O) groups is 1. The second-order valence-electron chi connectivity index (χ2n) is 3.84. The molecule has 0 aliphatic heterocycles. The van der Waals surface area contributed by atoms with E-state index in [0.29, 0.717) is 28.8 Å². The normalized spacial score (nSPS) is 10.8. The van der Waals surface area contributed by atoms with Gasteiger partial charge in [0, 0.05) is 25.8 Å². The van der Waals surface area contributed by atoms with Gasteiger partial charge < -0.3 is 14.9 Å². The third-order valence-electron chi connectivity index (χ3n) is 2.30. The van der Waals surface area contributed by atoms with Crippen LogP contribution in [0.3, 0.4) is 0 Å². The van der Waals surface area contributed by atoms with Crippen molar-refractivity contribution in [2.75, 3.05) is 26.9 Å². The van der Waals surface area contributed by atoms with E-state index in [2.05, 4.69) is 10.5 Å². The van der Waals surface area contributed by atoms with Crippen molar-refractivity contribution in [3.8, 4) is 0 Å². The maximum absolute atomic E-state index is 11.3. The molecular formula is C13H16Cl2N2O3. The van der Waals surface area contributed by atoms with Gasteiger partial charge in [0.05, 0.1) is 16.3 Å². The first-order chi connectivity index (χ1) is 9.65. The fourth-order valence-corrected chi connectivity index (χ4v) is 1.81. The lowest BCUT2D eigenvalue weighted by atomic mass is 10.2. The maximum atomic E-state index is 11.3. The molecule has 0 aliphatic rings. The van der Waals surface area contributed by atoms with Gasteiger partial charge in [-0.15, -0.1) is 0 Å². The van der Waals surface area contributed by atoms with Crippen LogP contribution in [0.4, 0.5) is 0 Å². The van der Waals surface area contributed by atoms with E-state index in [1.807, 2.05) is 0 Å². The van der Waals surface area contributed by atoms with Gasteiger partial charge in [0.15, 0.2) is 6.61 Å². The number of methoxy groups -OCH3 is 1. The van der Waals surface area contributed by atoms with Crippen molar-refractivity contribution in [3.63, 3.8) is 0 Å². The Morgan fingerprint density at radius 3 is 2.75 bits per heavy atom. The molecule has 110 valence electrons. The number of amides is 1. The Kier molecular flexibility index (Phi) is 8.02. The minimum atomic E-state index is -0.247. The average Bonchev–Trinajstić information content (AvgIpc) is 2.42. The van der Waals surface area contributed by atoms with E-state index in [1.54, 1.807) is 25.3 Å². The van der Waals surface area contributed by atoms with Gasteiger partial charge in [0.25, 0.3) is 5.91 Å². The number of benzene rings is 1. The highest BCUT2D eigenvalue weighted by Crippen LogP contribution is 2.22. The maximum Gasteiger partial charge on any atom is 0.260 e. The lowest BCUT2D eigenvalue weighted by Gasteiger charge is -2.04. The Bertz CT molecular complexity index is 447. The summed E-state index contributed by atoms with van der Waals surface area (Å²) in [7, 11) is 1.61. The fraction of sp³-hybridized carbons (Fsp3) is 0.385. The van der Waals surface area contributed by atoms with Crippen LogP contribution in [0.2, 0.25) is 10.0 Å². The number of nitrogens with zero attached hydrogens (tertiary/aromatic N) is 1. The number of hydrogen-bond acceptors (Lipinski definition) is 4. The van der Waals surface area contributed by atoms with Crippen LogP contribution in [-0.2, 0) is 14.4 Å². The summed E-state index contributed by atoms with van der Waals surface area (Å²) in [5.74, 6) is -0.247. The zero-order valence-corrected chi connectivity index (χ0v) is 12.6. The molecule has 0 bridgehead atoms. The Balaban J connectivity index is 2.30. The number of oxime groups is 1. The highest BCUT2D eigenvalue weighted by molar-refractivity contribution is 6.38. The zero-order chi connectivity index (χ0) is 14.8. The number of rotatable bonds is 8. The molecule has 0 spiro atoms. The molecule has 0 saturated carbocycles. The first kappa shape index (κ1) is 16.8. The summed E-state index contributed by atoms with van der Waals surface area (Å²) in [5.41, 5.74) is 0.552. The largest absolute Gasteiger partial charge is 0.386 e. The van der Waals surface area contributed by atoms with E-state index in [9.17, 15) is 4.79 Å². The topological polar surface area (TPSA) is 59.9 Å². The van der Waals surface area contributed by atoms with Gasteiger partial charge in [0.1, 0.15) is 0 Å². The van der Waals surface area contributed by atoms with E-state index in [1.165, 1.54) is 6.21 Å². The number of hydrogen-bond donors (Lipinski definition) is 1. The Morgan fingerprint density at radius 2 is 2.10 bits per heavy atom. The first-order valence-corrected chi connectivity index (χ1v) is 6.75. The number of carbonyl (C=O) groups excluding carboxylic acids is 1. The van der Waals surface area contributed by atoms with Crippen LogP contribution in [0.15, 0.2) is 23.4 Å². The van der Waals surface area contributed by atoms with E-state index in [4.69, 9.17) is 32.8 Å². The molecule has 1 N–H and O–H groups in total. The molecule has 1 aromatic rings. The molecule has 20 heavy (non-hydrogen) atoms. The second-order valence-corrected chi connectivity index (χ2v) is 4.65. The molecule has 0 unspecified atom stereocenters. The van der Waals surface area contributed by atoms with Gasteiger partial charge in [-0.05, 0) is 18.6 Å². The summed E-state index contributed by atoms with van der Waals surface area (Å²) >= 11 is 11.9. The van der Waals surface area contributed by atoms with Crippen LogP contribution < -0.4 is 5.32 Å². The van der Waals surface area contributed by atoms with Gasteiger partial charge in [-0.1, -0.05) is 34.4 Å². The van der Waals surface area contributed by atoms with Crippen molar-refractivity contribution in [3.05, 3.63) is 33.8 Å². The first-order valence-electron chi connectivity index (χ1n) is 6.00. The molecule has 1 amide bonds. The van der Waals surface area contributed by atoms with Gasteiger partial charge in [-0.3, -0.25) is 4.79 Å². The Morgan fingerprint density at radius 1 is 1.40 bits per heavy atom. The summed E-state index contributed by atoms with van der Waals surface area (Å²) < 4.78 is 4.86. The number of nitrogens with one attached hydrogen (secondary N) is 1. The molecule has 0 fully saturated rings. The van der Waals surface area contributed by atoms with E-state index in [-0.39, 0.29) is 12.5 Å². The number of ether oxygens (including phenoxy) is 1. The SMILES string of the molecule is COCCCNC(=O)CO/N=C/c1c(Cl)cccc1Cl. The summed E-state index contributed by atoms with van der Waals surface area (Å²) in [6, 6.07) is 5.12. The second kappa shape index (κ2) is 9.58. The number of halogens is 2. The molecule has 0 radical (unpaired) electrons. The Labute approximate surface area is 127 Å². The van der Waals surface area contributed by atoms with Crippen molar-refractivity contribution in [2.45, 2.75) is 6.42 Å². The summed E-state index contributed by atoms with van der Waals surface area (Å²) in [4.78, 5) is 16.2. The predicted octanol–water partition coefficient (Wildman–Crippen LogP) is 2.50. The molecular weight excluding hydrogens is 303 g/mol. The fourth-order valence-electron chi connectivity index (χ4n) is 1.32. The minimum Gasteiger partial charge on any atom is -0.386 e. The zero-order valence-electron chi connectivity index (χ0n) is 11.1. The summed E-state index contributed by atoms with van der Waals surface area (Å²) in [5, 5.41) is 7.27. The van der Waals surface area contributed by atoms with Crippen molar-refractivity contribution >= 4 is 35.3 Å². The molecule has 0 atom stereocenters. The summed E-state index contributed by atoms with van der Waals surface area (Å²) in [6.45, 7) is 0.978. The monoisotopic (exact) mass is 318 g/mol. The quantitative estimate of drug-likeness (QED) is 0.455. The van der Waals surface area contributed by atoms with Gasteiger partial charge in [0.2, 0.25) is 0 Å². The molecule has 5 nitrogen and oxygen atoms in total. The average molecular weight is 319 g/mol. The van der Waals surface area contributed by atoms with Crippen LogP contribution in [0, 0.1) is 0 Å². The van der Waals surface area contributed by atoms with E-state index in [0.717, 1.165) is 6.42 Å².